The summed E-state index contributed by atoms with van der Waals surface area (Å²) in [5, 5.41) is 17.9. The Morgan fingerprint density at radius 3 is 0.828 bits per heavy atom. The standard InChI is InChI=1S/C41H79NO2.C19H38O/c1-3-5-7-9-15-21-27-37-35-39(37)29-23-17-11-13-19-25-32-42(34-31-41(43)44)33-26-20-14-12-18-24-30-40-36-38(40)28-22-16-10-8-6-4-2;1-2-3-4-5-8-11-14-18-17-19(18)15-12-9-6-7-10-13-16-20/h37-40H,3-36H2,1-2H3,(H,43,44);18-20H,2-17H2,1H3. The average Bonchev–Trinajstić information content (AvgIpc) is 4.24. The van der Waals surface area contributed by atoms with Crippen molar-refractivity contribution < 1.29 is 15.0 Å². The molecule has 3 saturated carbocycles. The van der Waals surface area contributed by atoms with Crippen LogP contribution >= 0.6 is 0 Å². The molecule has 4 heteroatoms. The lowest BCUT2D eigenvalue weighted by Gasteiger charge is -2.21. The van der Waals surface area contributed by atoms with E-state index in [1.165, 1.54) is 276 Å². The molecule has 0 radical (unpaired) electrons. The van der Waals surface area contributed by atoms with Gasteiger partial charge in [0.25, 0.3) is 0 Å². The van der Waals surface area contributed by atoms with E-state index in [0.29, 0.717) is 13.0 Å². The molecule has 3 fully saturated rings. The third-order valence-electron chi connectivity index (χ3n) is 16.2. The molecule has 3 aliphatic carbocycles. The molecule has 0 spiro atoms. The van der Waals surface area contributed by atoms with Gasteiger partial charge in [-0.1, -0.05) is 271 Å². The van der Waals surface area contributed by atoms with Gasteiger partial charge >= 0.3 is 5.97 Å². The van der Waals surface area contributed by atoms with Crippen molar-refractivity contribution in [1.82, 2.24) is 4.90 Å². The number of hydrogen-bond donors (Lipinski definition) is 2. The Labute approximate surface area is 402 Å². The minimum Gasteiger partial charge on any atom is -0.481 e. The highest BCUT2D eigenvalue weighted by molar-refractivity contribution is 5.66. The van der Waals surface area contributed by atoms with Gasteiger partial charge in [0.05, 0.1) is 6.42 Å². The molecule has 0 saturated heterocycles. The summed E-state index contributed by atoms with van der Waals surface area (Å²) in [5.41, 5.74) is 0. The van der Waals surface area contributed by atoms with E-state index in [2.05, 4.69) is 25.7 Å². The molecule has 3 rings (SSSR count). The zero-order valence-corrected chi connectivity index (χ0v) is 44.1. The maximum Gasteiger partial charge on any atom is 0.304 e. The first-order valence-electron chi connectivity index (χ1n) is 30.1. The van der Waals surface area contributed by atoms with Gasteiger partial charge in [-0.05, 0) is 87.1 Å². The fourth-order valence-electron chi connectivity index (χ4n) is 11.3. The summed E-state index contributed by atoms with van der Waals surface area (Å²) < 4.78 is 0. The first-order chi connectivity index (χ1) is 31.5. The van der Waals surface area contributed by atoms with Crippen molar-refractivity contribution in [2.75, 3.05) is 26.2 Å². The molecular weight excluding hydrogens is 783 g/mol. The Hall–Kier alpha value is -0.610. The summed E-state index contributed by atoms with van der Waals surface area (Å²) >= 11 is 0. The fraction of sp³-hybridized carbons (Fsp3) is 0.983. The largest absolute Gasteiger partial charge is 0.481 e. The lowest BCUT2D eigenvalue weighted by molar-refractivity contribution is -0.137. The number of carboxylic acids is 1. The number of carboxylic acid groups (broad SMARTS) is 1. The highest BCUT2D eigenvalue weighted by Gasteiger charge is 2.36. The number of aliphatic carboxylic acids is 1. The first kappa shape index (κ1) is 59.5. The molecule has 0 amide bonds. The molecule has 2 N–H and O–H groups in total. The van der Waals surface area contributed by atoms with Crippen LogP contribution in [0.15, 0.2) is 0 Å². The van der Waals surface area contributed by atoms with Crippen LogP contribution in [0.1, 0.15) is 316 Å². The second kappa shape index (κ2) is 43.7. The zero-order chi connectivity index (χ0) is 46.0. The molecule has 3 aliphatic rings. The van der Waals surface area contributed by atoms with Crippen LogP contribution in [0.4, 0.5) is 0 Å². The van der Waals surface area contributed by atoms with Gasteiger partial charge in [0.1, 0.15) is 0 Å². The maximum atomic E-state index is 11.2. The molecule has 380 valence electrons. The van der Waals surface area contributed by atoms with Gasteiger partial charge in [-0.3, -0.25) is 4.79 Å². The predicted molar refractivity (Wildman–Crippen MR) is 282 cm³/mol. The second-order valence-electron chi connectivity index (χ2n) is 22.4. The van der Waals surface area contributed by atoms with Gasteiger partial charge in [0, 0.05) is 13.2 Å². The van der Waals surface area contributed by atoms with E-state index in [1.807, 2.05) is 0 Å². The third kappa shape index (κ3) is 37.4. The van der Waals surface area contributed by atoms with Gasteiger partial charge in [-0.2, -0.15) is 0 Å². The van der Waals surface area contributed by atoms with E-state index in [1.54, 1.807) is 6.42 Å². The molecule has 0 aromatic heterocycles. The minimum atomic E-state index is -0.648. The summed E-state index contributed by atoms with van der Waals surface area (Å²) in [7, 11) is 0. The van der Waals surface area contributed by atoms with Crippen molar-refractivity contribution in [1.29, 1.82) is 0 Å². The highest BCUT2D eigenvalue weighted by atomic mass is 16.4. The van der Waals surface area contributed by atoms with Gasteiger partial charge in [-0.15, -0.1) is 0 Å². The number of aliphatic hydroxyl groups excluding tert-OH is 1. The number of aliphatic hydroxyl groups is 1. The molecule has 64 heavy (non-hydrogen) atoms. The van der Waals surface area contributed by atoms with Crippen LogP contribution in [0.2, 0.25) is 0 Å². The number of unbranched alkanes of at least 4 members (excludes halogenated alkanes) is 30. The summed E-state index contributed by atoms with van der Waals surface area (Å²) in [6, 6.07) is 0. The molecule has 0 heterocycles. The van der Waals surface area contributed by atoms with E-state index in [0.717, 1.165) is 61.6 Å². The topological polar surface area (TPSA) is 60.8 Å². The highest BCUT2D eigenvalue weighted by Crippen LogP contribution is 2.47. The minimum absolute atomic E-state index is 0.294. The smallest absolute Gasteiger partial charge is 0.304 e. The van der Waals surface area contributed by atoms with Crippen molar-refractivity contribution in [3.8, 4) is 0 Å². The number of carbonyl (C=O) groups is 1. The molecule has 6 atom stereocenters. The Balaban J connectivity index is 0.000000586. The lowest BCUT2D eigenvalue weighted by Crippen LogP contribution is -2.28. The second-order valence-corrected chi connectivity index (χ2v) is 22.4. The molecule has 0 aliphatic heterocycles. The SMILES string of the molecule is CCCCCCCCC1CC1CCCCCCCCN(CCCCCCCCC1CC1CCCCCCCC)CCC(=O)O.CCCCCCCCC1CC1CCCCCCCCO. The molecule has 6 unspecified atom stereocenters. The van der Waals surface area contributed by atoms with E-state index >= 15 is 0 Å². The van der Waals surface area contributed by atoms with Crippen molar-refractivity contribution >= 4 is 5.97 Å². The molecule has 0 aromatic rings. The van der Waals surface area contributed by atoms with Crippen LogP contribution < -0.4 is 0 Å². The Morgan fingerprint density at radius 2 is 0.578 bits per heavy atom. The Bertz CT molecular complexity index is 940. The van der Waals surface area contributed by atoms with Gasteiger partial charge < -0.3 is 15.1 Å². The summed E-state index contributed by atoms with van der Waals surface area (Å²) in [6.45, 7) is 10.2. The van der Waals surface area contributed by atoms with Crippen molar-refractivity contribution in [2.24, 2.45) is 35.5 Å². The van der Waals surface area contributed by atoms with E-state index in [4.69, 9.17) is 5.11 Å². The van der Waals surface area contributed by atoms with Crippen molar-refractivity contribution in [3.05, 3.63) is 0 Å². The van der Waals surface area contributed by atoms with Crippen LogP contribution in [-0.2, 0) is 4.79 Å². The first-order valence-corrected chi connectivity index (χ1v) is 30.1. The molecular formula is C60H117NO3. The monoisotopic (exact) mass is 900 g/mol. The lowest BCUT2D eigenvalue weighted by atomic mass is 10.0. The van der Waals surface area contributed by atoms with Crippen LogP contribution in [-0.4, -0.2) is 47.3 Å². The summed E-state index contributed by atoms with van der Waals surface area (Å²) in [6.07, 6.45) is 64.1. The maximum absolute atomic E-state index is 11.2. The third-order valence-corrected chi connectivity index (χ3v) is 16.2. The van der Waals surface area contributed by atoms with E-state index in [9.17, 15) is 9.90 Å². The zero-order valence-electron chi connectivity index (χ0n) is 44.1. The van der Waals surface area contributed by atoms with Crippen molar-refractivity contribution in [3.63, 3.8) is 0 Å². The average molecular weight is 901 g/mol. The van der Waals surface area contributed by atoms with Crippen LogP contribution in [0.25, 0.3) is 0 Å². The fourth-order valence-corrected chi connectivity index (χ4v) is 11.3. The Morgan fingerprint density at radius 1 is 0.344 bits per heavy atom. The quantitative estimate of drug-likeness (QED) is 0.0597. The number of rotatable bonds is 50. The van der Waals surface area contributed by atoms with Gasteiger partial charge in [0.2, 0.25) is 0 Å². The number of nitrogens with zero attached hydrogens (tertiary/aromatic N) is 1. The Kier molecular flexibility index (Phi) is 40.6. The van der Waals surface area contributed by atoms with Crippen LogP contribution in [0.3, 0.4) is 0 Å². The number of hydrogen-bond acceptors (Lipinski definition) is 3. The predicted octanol–water partition coefficient (Wildman–Crippen LogP) is 19.1. The molecule has 0 aromatic carbocycles. The van der Waals surface area contributed by atoms with Crippen LogP contribution in [0, 0.1) is 35.5 Å². The molecule has 4 nitrogen and oxygen atoms in total. The van der Waals surface area contributed by atoms with Gasteiger partial charge in [0.15, 0.2) is 0 Å². The van der Waals surface area contributed by atoms with Crippen molar-refractivity contribution in [2.45, 2.75) is 316 Å². The summed E-state index contributed by atoms with van der Waals surface area (Å²) in [4.78, 5) is 13.6. The summed E-state index contributed by atoms with van der Waals surface area (Å²) in [5.74, 6) is 5.87. The van der Waals surface area contributed by atoms with E-state index in [-0.39, 0.29) is 0 Å². The van der Waals surface area contributed by atoms with Crippen LogP contribution in [0.5, 0.6) is 0 Å². The normalized spacial score (nSPS) is 21.0. The molecule has 0 bridgehead atoms. The van der Waals surface area contributed by atoms with Gasteiger partial charge in [-0.25, -0.2) is 0 Å². The van der Waals surface area contributed by atoms with E-state index < -0.39 is 5.97 Å².